The first-order valence-corrected chi connectivity index (χ1v) is 8.46. The Balaban J connectivity index is 2.05. The molecule has 0 aliphatic heterocycles. The maximum Gasteiger partial charge on any atom is 0.250 e. The lowest BCUT2D eigenvalue weighted by Gasteiger charge is -2.02. The van der Waals surface area contributed by atoms with E-state index < -0.39 is 10.0 Å². The summed E-state index contributed by atoms with van der Waals surface area (Å²) in [5.74, 6) is 0. The first kappa shape index (κ1) is 13.6. The molecule has 2 aromatic rings. The predicted octanol–water partition coefficient (Wildman–Crippen LogP) is 1.40. The molecule has 0 radical (unpaired) electrons. The van der Waals surface area contributed by atoms with Crippen molar-refractivity contribution in [2.75, 3.05) is 7.05 Å². The standard InChI is InChI=1S/C10H13N3O2S3/c1-11-5-9-2-3-10(17-9)18(14,15)13-4-8-6-16-7-12-8/h2-3,6-7,11,13H,4-5H2,1H3. The number of aromatic nitrogens is 1. The smallest absolute Gasteiger partial charge is 0.250 e. The number of thiazole rings is 1. The van der Waals surface area contributed by atoms with Crippen molar-refractivity contribution in [1.29, 1.82) is 0 Å². The molecule has 18 heavy (non-hydrogen) atoms. The largest absolute Gasteiger partial charge is 0.315 e. The van der Waals surface area contributed by atoms with Crippen LogP contribution < -0.4 is 10.0 Å². The average molecular weight is 303 g/mol. The minimum Gasteiger partial charge on any atom is -0.315 e. The highest BCUT2D eigenvalue weighted by Gasteiger charge is 2.16. The molecule has 5 nitrogen and oxygen atoms in total. The van der Waals surface area contributed by atoms with Crippen molar-refractivity contribution < 1.29 is 8.42 Å². The van der Waals surface area contributed by atoms with E-state index in [1.165, 1.54) is 22.7 Å². The molecule has 0 saturated heterocycles. The van der Waals surface area contributed by atoms with Gasteiger partial charge < -0.3 is 5.32 Å². The predicted molar refractivity (Wildman–Crippen MR) is 73.2 cm³/mol. The molecule has 98 valence electrons. The fourth-order valence-corrected chi connectivity index (χ4v) is 4.31. The second kappa shape index (κ2) is 5.89. The van der Waals surface area contributed by atoms with Crippen LogP contribution >= 0.6 is 22.7 Å². The van der Waals surface area contributed by atoms with Crippen molar-refractivity contribution in [2.45, 2.75) is 17.3 Å². The Labute approximate surface area is 114 Å². The number of rotatable bonds is 6. The molecule has 8 heteroatoms. The zero-order chi connectivity index (χ0) is 13.0. The second-order valence-electron chi connectivity index (χ2n) is 3.56. The Morgan fingerprint density at radius 2 is 2.17 bits per heavy atom. The topological polar surface area (TPSA) is 71.1 Å². The Morgan fingerprint density at radius 1 is 1.33 bits per heavy atom. The summed E-state index contributed by atoms with van der Waals surface area (Å²) in [6.07, 6.45) is 0. The van der Waals surface area contributed by atoms with E-state index in [0.717, 1.165) is 10.6 Å². The first-order chi connectivity index (χ1) is 8.62. The van der Waals surface area contributed by atoms with Crippen LogP contribution in [0.3, 0.4) is 0 Å². The SMILES string of the molecule is CNCc1ccc(S(=O)(=O)NCc2cscn2)s1. The Bertz CT molecular complexity index is 590. The molecular formula is C10H13N3O2S3. The maximum atomic E-state index is 12.0. The zero-order valence-electron chi connectivity index (χ0n) is 9.71. The molecule has 0 aliphatic rings. The average Bonchev–Trinajstić information content (AvgIpc) is 2.98. The summed E-state index contributed by atoms with van der Waals surface area (Å²) in [6.45, 7) is 0.900. The number of nitrogens with zero attached hydrogens (tertiary/aromatic N) is 1. The monoisotopic (exact) mass is 303 g/mol. The van der Waals surface area contributed by atoms with E-state index in [0.29, 0.717) is 10.8 Å². The summed E-state index contributed by atoms with van der Waals surface area (Å²) >= 11 is 2.72. The van der Waals surface area contributed by atoms with Crippen LogP contribution in [-0.2, 0) is 23.1 Å². The van der Waals surface area contributed by atoms with Crippen LogP contribution in [-0.4, -0.2) is 20.4 Å². The number of hydrogen-bond donors (Lipinski definition) is 2. The van der Waals surface area contributed by atoms with Gasteiger partial charge in [-0.2, -0.15) is 0 Å². The van der Waals surface area contributed by atoms with E-state index in [1.54, 1.807) is 11.6 Å². The zero-order valence-corrected chi connectivity index (χ0v) is 12.2. The fourth-order valence-electron chi connectivity index (χ4n) is 1.34. The van der Waals surface area contributed by atoms with Crippen molar-refractivity contribution >= 4 is 32.7 Å². The fraction of sp³-hybridized carbons (Fsp3) is 0.300. The quantitative estimate of drug-likeness (QED) is 0.846. The van der Waals surface area contributed by atoms with Crippen LogP contribution in [0.1, 0.15) is 10.6 Å². The van der Waals surface area contributed by atoms with E-state index in [4.69, 9.17) is 0 Å². The van der Waals surface area contributed by atoms with Gasteiger partial charge in [0.05, 0.1) is 17.7 Å². The number of hydrogen-bond acceptors (Lipinski definition) is 6. The van der Waals surface area contributed by atoms with Gasteiger partial charge in [0.25, 0.3) is 0 Å². The van der Waals surface area contributed by atoms with Crippen molar-refractivity contribution in [1.82, 2.24) is 15.0 Å². The molecule has 2 aromatic heterocycles. The van der Waals surface area contributed by atoms with E-state index in [1.807, 2.05) is 18.5 Å². The van der Waals surface area contributed by atoms with Gasteiger partial charge in [-0.1, -0.05) is 0 Å². The van der Waals surface area contributed by atoms with Crippen molar-refractivity contribution in [3.63, 3.8) is 0 Å². The van der Waals surface area contributed by atoms with Crippen molar-refractivity contribution in [3.8, 4) is 0 Å². The molecule has 2 heterocycles. The molecule has 0 saturated carbocycles. The molecule has 0 aromatic carbocycles. The molecule has 0 atom stereocenters. The van der Waals surface area contributed by atoms with Gasteiger partial charge in [-0.15, -0.1) is 22.7 Å². The van der Waals surface area contributed by atoms with Gasteiger partial charge in [0.2, 0.25) is 10.0 Å². The lowest BCUT2D eigenvalue weighted by Crippen LogP contribution is -2.22. The highest BCUT2D eigenvalue weighted by atomic mass is 32.2. The molecule has 0 bridgehead atoms. The molecule has 0 spiro atoms. The number of thiophene rings is 1. The lowest BCUT2D eigenvalue weighted by molar-refractivity contribution is 0.583. The summed E-state index contributed by atoms with van der Waals surface area (Å²) in [5.41, 5.74) is 2.41. The minimum atomic E-state index is -3.43. The van der Waals surface area contributed by atoms with E-state index in [-0.39, 0.29) is 6.54 Å². The third-order valence-electron chi connectivity index (χ3n) is 2.18. The minimum absolute atomic E-state index is 0.227. The maximum absolute atomic E-state index is 12.0. The molecule has 2 N–H and O–H groups in total. The normalized spacial score (nSPS) is 11.8. The molecule has 0 amide bonds. The molecule has 0 aliphatic carbocycles. The van der Waals surface area contributed by atoms with Gasteiger partial charge in [0.15, 0.2) is 0 Å². The van der Waals surface area contributed by atoms with Gasteiger partial charge in [0.1, 0.15) is 4.21 Å². The van der Waals surface area contributed by atoms with E-state index in [2.05, 4.69) is 15.0 Å². The molecule has 0 fully saturated rings. The van der Waals surface area contributed by atoms with E-state index in [9.17, 15) is 8.42 Å². The Kier molecular flexibility index (Phi) is 4.46. The molecular weight excluding hydrogens is 290 g/mol. The summed E-state index contributed by atoms with van der Waals surface area (Å²) < 4.78 is 26.9. The lowest BCUT2D eigenvalue weighted by atomic mass is 10.5. The van der Waals surface area contributed by atoms with E-state index >= 15 is 0 Å². The first-order valence-electron chi connectivity index (χ1n) is 5.22. The van der Waals surface area contributed by atoms with Crippen LogP contribution in [0.15, 0.2) is 27.2 Å². The highest BCUT2D eigenvalue weighted by molar-refractivity contribution is 7.91. The van der Waals surface area contributed by atoms with Crippen LogP contribution in [0.2, 0.25) is 0 Å². The van der Waals surface area contributed by atoms with Crippen molar-refractivity contribution in [2.24, 2.45) is 0 Å². The van der Waals surface area contributed by atoms with Gasteiger partial charge in [0, 0.05) is 16.8 Å². The van der Waals surface area contributed by atoms with Gasteiger partial charge in [-0.25, -0.2) is 18.1 Å². The molecule has 0 unspecified atom stereocenters. The van der Waals surface area contributed by atoms with Gasteiger partial charge in [-0.05, 0) is 19.2 Å². The summed E-state index contributed by atoms with van der Waals surface area (Å²) in [4.78, 5) is 5.02. The van der Waals surface area contributed by atoms with Crippen LogP contribution in [0, 0.1) is 0 Å². The summed E-state index contributed by atoms with van der Waals surface area (Å²) in [5, 5.41) is 4.81. The third kappa shape index (κ3) is 3.36. The van der Waals surface area contributed by atoms with Crippen LogP contribution in [0.5, 0.6) is 0 Å². The van der Waals surface area contributed by atoms with Crippen molar-refractivity contribution in [3.05, 3.63) is 33.6 Å². The third-order valence-corrected chi connectivity index (χ3v) is 5.79. The molecule has 2 rings (SSSR count). The summed E-state index contributed by atoms with van der Waals surface area (Å²) in [6, 6.07) is 3.44. The van der Waals surface area contributed by atoms with Gasteiger partial charge >= 0.3 is 0 Å². The number of nitrogens with one attached hydrogen (secondary N) is 2. The van der Waals surface area contributed by atoms with Gasteiger partial charge in [-0.3, -0.25) is 0 Å². The van der Waals surface area contributed by atoms with Crippen LogP contribution in [0.4, 0.5) is 0 Å². The Morgan fingerprint density at radius 3 is 2.83 bits per heavy atom. The Hall–Kier alpha value is -0.800. The number of sulfonamides is 1. The summed E-state index contributed by atoms with van der Waals surface area (Å²) in [7, 11) is -1.60. The highest BCUT2D eigenvalue weighted by Crippen LogP contribution is 2.21. The van der Waals surface area contributed by atoms with Crippen LogP contribution in [0.25, 0.3) is 0 Å². The second-order valence-corrected chi connectivity index (χ2v) is 7.44.